The van der Waals surface area contributed by atoms with Gasteiger partial charge in [-0.15, -0.1) is 0 Å². The number of amides is 1. The second kappa shape index (κ2) is 34.8. The summed E-state index contributed by atoms with van der Waals surface area (Å²) in [6.07, 6.45) is -47.3. The van der Waals surface area contributed by atoms with E-state index in [4.69, 9.17) is 126 Å². The van der Waals surface area contributed by atoms with Gasteiger partial charge in [0.05, 0.1) is 49.5 Å². The predicted octanol–water partition coefficient (Wildman–Crippen LogP) is -20.2. The molecule has 9 aliphatic rings. The van der Waals surface area contributed by atoms with Crippen LogP contribution in [0.25, 0.3) is 0 Å². The third kappa shape index (κ3) is 17.5. The molecule has 0 aromatic carbocycles. The molecule has 2 unspecified atom stereocenters. The van der Waals surface area contributed by atoms with Crippen molar-refractivity contribution in [2.24, 2.45) is 74.7 Å². The number of ether oxygens (including phenoxy) is 12. The Morgan fingerprint density at radius 1 is 0.424 bits per heavy atom. The van der Waals surface area contributed by atoms with Crippen molar-refractivity contribution in [1.29, 1.82) is 0 Å². The van der Waals surface area contributed by atoms with E-state index in [1.54, 1.807) is 0 Å². The fourth-order valence-electron chi connectivity index (χ4n) is 13.4. The van der Waals surface area contributed by atoms with E-state index in [1.165, 1.54) is 0 Å². The van der Waals surface area contributed by atoms with Gasteiger partial charge in [-0.25, -0.2) is 0 Å². The van der Waals surface area contributed by atoms with E-state index in [-0.39, 0.29) is 51.9 Å². The van der Waals surface area contributed by atoms with Crippen LogP contribution >= 0.6 is 0 Å². The lowest BCUT2D eigenvalue weighted by Gasteiger charge is -2.48. The summed E-state index contributed by atoms with van der Waals surface area (Å²) in [5, 5.41) is 182. The maximum absolute atomic E-state index is 12.9. The largest absolute Gasteiger partial charge is 0.394 e. The summed E-state index contributed by atoms with van der Waals surface area (Å²) >= 11 is 0. The second-order valence-corrected chi connectivity index (χ2v) is 26.7. The van der Waals surface area contributed by atoms with Crippen molar-refractivity contribution < 1.29 is 153 Å². The normalized spacial score (nSPS) is 50.8. The Hall–Kier alpha value is -2.50. The Labute approximate surface area is 565 Å². The number of carbonyl (C=O) groups is 2. The van der Waals surface area contributed by atoms with Crippen molar-refractivity contribution in [1.82, 2.24) is 5.32 Å². The van der Waals surface area contributed by atoms with Gasteiger partial charge in [0, 0.05) is 63.7 Å². The van der Waals surface area contributed by atoms with E-state index in [1.807, 2.05) is 0 Å². The van der Waals surface area contributed by atoms with E-state index in [9.17, 15) is 96.4 Å². The Balaban J connectivity index is 0.000000252. The van der Waals surface area contributed by atoms with Gasteiger partial charge in [0.1, 0.15) is 152 Å². The lowest BCUT2D eigenvalue weighted by atomic mass is 9.76. The van der Waals surface area contributed by atoms with Crippen molar-refractivity contribution >= 4 is 11.7 Å². The van der Waals surface area contributed by atoms with Crippen molar-refractivity contribution in [3.63, 3.8) is 0 Å². The number of nitrogens with one attached hydrogen (secondary N) is 1. The first-order valence-electron chi connectivity index (χ1n) is 32.6. The zero-order valence-corrected chi connectivity index (χ0v) is 53.7. The van der Waals surface area contributed by atoms with Crippen LogP contribution in [0.4, 0.5) is 0 Å². The molecule has 99 heavy (non-hydrogen) atoms. The molecule has 0 aromatic rings. The number of carbonyl (C=O) groups excluding carboxylic acids is 2. The number of aliphatic hydroxyl groups is 17. The first kappa shape index (κ1) is 82.2. The lowest BCUT2D eigenvalue weighted by molar-refractivity contribution is -0.309. The number of rotatable bonds is 25. The molecule has 3 aliphatic carbocycles. The fraction of sp³-hybridized carbons (Fsp3) is 0.964. The van der Waals surface area contributed by atoms with E-state index >= 15 is 0 Å². The van der Waals surface area contributed by atoms with Crippen LogP contribution in [0.5, 0.6) is 0 Å². The maximum atomic E-state index is 12.9. The van der Waals surface area contributed by atoms with Gasteiger partial charge in [-0.2, -0.15) is 0 Å². The van der Waals surface area contributed by atoms with E-state index < -0.39 is 288 Å². The van der Waals surface area contributed by atoms with Gasteiger partial charge in [0.25, 0.3) is 5.91 Å². The number of Topliss-reactive ketones (excluding diaryl/α,β-unsaturated/α-hetero) is 1. The van der Waals surface area contributed by atoms with E-state index in [0.717, 1.165) is 0 Å². The monoisotopic (exact) mass is 1440 g/mol. The van der Waals surface area contributed by atoms with Crippen molar-refractivity contribution in [3.05, 3.63) is 0 Å². The smallest absolute Gasteiger partial charge is 0.251 e. The summed E-state index contributed by atoms with van der Waals surface area (Å²) < 4.78 is 70.0. The molecule has 6 heterocycles. The number of hydrogen-bond acceptors (Lipinski definition) is 43. The molecule has 42 N–H and O–H groups in total. The molecular weight excluding hydrogens is 1340 g/mol. The molecule has 576 valence electrons. The molecule has 3 saturated carbocycles. The highest BCUT2D eigenvalue weighted by Crippen LogP contribution is 2.42. The molecule has 1 amide bonds. The van der Waals surface area contributed by atoms with Crippen LogP contribution in [0.2, 0.25) is 0 Å². The van der Waals surface area contributed by atoms with Crippen LogP contribution in [0, 0.1) is 5.92 Å². The number of hydrogen-bond donors (Lipinski definition) is 30. The Morgan fingerprint density at radius 2 is 0.737 bits per heavy atom. The van der Waals surface area contributed by atoms with Crippen LogP contribution in [0.3, 0.4) is 0 Å². The van der Waals surface area contributed by atoms with E-state index in [0.29, 0.717) is 0 Å². The Kier molecular flexibility index (Phi) is 28.9. The molecule has 9 rings (SSSR count). The molecular formula is C55H105N13O31. The molecule has 44 nitrogen and oxygen atoms in total. The summed E-state index contributed by atoms with van der Waals surface area (Å²) in [6, 6.07) is -9.41. The molecule has 6 aliphatic heterocycles. The highest BCUT2D eigenvalue weighted by molar-refractivity contribution is 5.91. The third-order valence-electron chi connectivity index (χ3n) is 19.9. The van der Waals surface area contributed by atoms with Crippen LogP contribution in [-0.2, 0) is 66.4 Å². The minimum Gasteiger partial charge on any atom is -0.394 e. The second-order valence-electron chi connectivity index (χ2n) is 26.7. The van der Waals surface area contributed by atoms with Crippen LogP contribution < -0.4 is 74.1 Å². The fourth-order valence-corrected chi connectivity index (χ4v) is 13.4. The van der Waals surface area contributed by atoms with Crippen LogP contribution in [-0.4, -0.2) is 395 Å². The minimum absolute atomic E-state index is 0.0251. The Bertz CT molecular complexity index is 2550. The van der Waals surface area contributed by atoms with Crippen molar-refractivity contribution in [2.45, 2.75) is 276 Å². The number of ketones is 1. The van der Waals surface area contributed by atoms with E-state index in [2.05, 4.69) is 5.32 Å². The maximum Gasteiger partial charge on any atom is 0.251 e. The van der Waals surface area contributed by atoms with Gasteiger partial charge >= 0.3 is 0 Å². The number of nitrogens with two attached hydrogens (primary N) is 12. The highest BCUT2D eigenvalue weighted by Gasteiger charge is 2.61. The quantitative estimate of drug-likeness (QED) is 0.0404. The molecule has 0 spiro atoms. The average Bonchev–Trinajstić information content (AvgIpc) is 1.72. The summed E-state index contributed by atoms with van der Waals surface area (Å²) in [6.45, 7) is -2.77. The van der Waals surface area contributed by atoms with Gasteiger partial charge in [-0.1, -0.05) is 0 Å². The van der Waals surface area contributed by atoms with Gasteiger partial charge in [-0.05, 0) is 18.8 Å². The third-order valence-corrected chi connectivity index (χ3v) is 19.9. The summed E-state index contributed by atoms with van der Waals surface area (Å²) in [4.78, 5) is 25.6. The molecule has 44 heteroatoms. The summed E-state index contributed by atoms with van der Waals surface area (Å²) in [5.74, 6) is -2.60. The van der Waals surface area contributed by atoms with Crippen LogP contribution in [0.1, 0.15) is 25.7 Å². The topological polar surface area (TPSA) is 813 Å². The van der Waals surface area contributed by atoms with Crippen LogP contribution in [0.15, 0.2) is 0 Å². The molecule has 0 radical (unpaired) electrons. The summed E-state index contributed by atoms with van der Waals surface area (Å²) in [5.41, 5.74) is 69.1. The minimum atomic E-state index is -1.97. The van der Waals surface area contributed by atoms with Gasteiger partial charge in [0.15, 0.2) is 49.6 Å². The highest BCUT2D eigenvalue weighted by atomic mass is 16.8. The predicted molar refractivity (Wildman–Crippen MR) is 324 cm³/mol. The molecule has 0 aromatic heterocycles. The first-order valence-corrected chi connectivity index (χ1v) is 32.6. The Morgan fingerprint density at radius 3 is 1.06 bits per heavy atom. The van der Waals surface area contributed by atoms with Gasteiger partial charge in [0.2, 0.25) is 0 Å². The van der Waals surface area contributed by atoms with Gasteiger partial charge < -0.3 is 218 Å². The first-order chi connectivity index (χ1) is 46.7. The average molecular weight is 1440 g/mol. The zero-order chi connectivity index (χ0) is 73.3. The lowest BCUT2D eigenvalue weighted by Crippen LogP contribution is -2.69. The molecule has 6 saturated heterocycles. The SMILES string of the molecule is NC[C@@H]1O[C@H](O[C@H]2[C@@H](O)[C@H](O[C@@H]3[C@@H](O)[C@H](CC(=O)C4(O)CC4N)C[C@H](N)[C@H]3O[C@H]3O[C@H](CN)[C@@H](O)[C@H](O)[C@H]3N)O[C@@H]2CO)[C@H](N)[C@@H](O)[C@@H]1O.NC[C@@H]1O[C@H](O[C@H]2[C@@H](O)[C@H](O[C@@H]3[C@@H](O)[C@H](NC(=O)[C@@H](O)[C@@H](O)CN)C[C@H](N)[C@H]3O[C@H]3O[C@H](CN)[C@@H](O)[C@H](O)[C@H]3N)O[C@@H]2CO)[C@H](N)[C@@H](O)[C@@H]1O. The zero-order valence-electron chi connectivity index (χ0n) is 53.7. The van der Waals surface area contributed by atoms with Crippen molar-refractivity contribution in [3.8, 4) is 0 Å². The number of aliphatic hydroxyl groups excluding tert-OH is 16. The van der Waals surface area contributed by atoms with Crippen molar-refractivity contribution in [2.75, 3.05) is 45.9 Å². The molecule has 42 atom stereocenters. The molecule has 9 fully saturated rings. The molecule has 0 bridgehead atoms. The van der Waals surface area contributed by atoms with Gasteiger partial charge in [-0.3, -0.25) is 9.59 Å². The standard InChI is InChI=1S/C28H52N6O15.C27H53N7O16/c29-4-9-17(38)19(40)14(33)25(44-9)47-22-8(31)1-7(2-13(36)28(43)3-12(28)32)16(37)24(22)49-27-21(42)23(11(6-35)46-27)48-26-15(34)20(41)18(39)10(5-30)45-26;28-2-8(36)15(38)24(44)34-7-1-6(31)21(48-25-12(32)18(41)16(39)9(3-29)45-25)23(14(7)37)50-27-20(43)22(11(5-35)47-27)49-26-13(33)19(42)17(40)10(4-30)46-26/h7-12,14-27,35,37-43H,1-6,29-34H2;6-23,25-27,35-43H,1-5,28-33H2,(H,34,44)/t7-,8-,9+,10-,11+,12?,14+,15+,16-,17+,18+,19+,20+,21+,22+,23+,24+,25+,26+,27-,28?;6-,7+,8-,9+,10-,11+,12+,13+,14-,15-,16+,17+,18+,19+,20+,21+,22+,23+,25+,26+,27-/m00/s1. The summed E-state index contributed by atoms with van der Waals surface area (Å²) in [7, 11) is 0.